The van der Waals surface area contributed by atoms with E-state index < -0.39 is 0 Å². The molecule has 6 rings (SSSR count). The maximum atomic E-state index is 14.7. The molecule has 174 valence electrons. The number of aryl methyl sites for hydroxylation is 1. The predicted molar refractivity (Wildman–Crippen MR) is 133 cm³/mol. The molecule has 4 atom stereocenters. The van der Waals surface area contributed by atoms with Crippen LogP contribution < -0.4 is 5.32 Å². The van der Waals surface area contributed by atoms with Crippen LogP contribution >= 0.6 is 0 Å². The van der Waals surface area contributed by atoms with E-state index in [9.17, 15) is 4.79 Å². The van der Waals surface area contributed by atoms with E-state index in [2.05, 4.69) is 64.8 Å². The summed E-state index contributed by atoms with van der Waals surface area (Å²) in [5.41, 5.74) is 3.83. The SMILES string of the molecule is O=C(N1CCC(c2ccccc2)CC1C1CCCCC1)C12CNCC1CCc1ccccc12. The van der Waals surface area contributed by atoms with Crippen LogP contribution in [0.4, 0.5) is 0 Å². The lowest BCUT2D eigenvalue weighted by molar-refractivity contribution is -0.144. The summed E-state index contributed by atoms with van der Waals surface area (Å²) in [5, 5.41) is 3.65. The molecule has 0 radical (unpaired) electrons. The zero-order valence-electron chi connectivity index (χ0n) is 19.8. The molecule has 2 aliphatic carbocycles. The highest BCUT2D eigenvalue weighted by Crippen LogP contribution is 2.48. The van der Waals surface area contributed by atoms with Crippen LogP contribution in [-0.4, -0.2) is 36.5 Å². The van der Waals surface area contributed by atoms with Crippen LogP contribution in [-0.2, 0) is 16.6 Å². The third-order valence-electron chi connectivity index (χ3n) is 9.50. The average Bonchev–Trinajstić information content (AvgIpc) is 3.35. The van der Waals surface area contributed by atoms with Gasteiger partial charge in [0.2, 0.25) is 5.91 Å². The molecule has 1 N–H and O–H groups in total. The second-order valence-corrected chi connectivity index (χ2v) is 11.1. The second kappa shape index (κ2) is 8.91. The number of likely N-dealkylation sites (tertiary alicyclic amines) is 1. The van der Waals surface area contributed by atoms with E-state index in [0.717, 1.165) is 45.3 Å². The smallest absolute Gasteiger partial charge is 0.235 e. The van der Waals surface area contributed by atoms with Crippen LogP contribution in [0.15, 0.2) is 54.6 Å². The predicted octanol–water partition coefficient (Wildman–Crippen LogP) is 5.45. The van der Waals surface area contributed by atoms with Crippen LogP contribution in [0.2, 0.25) is 0 Å². The Morgan fingerprint density at radius 1 is 0.909 bits per heavy atom. The third-order valence-corrected chi connectivity index (χ3v) is 9.50. The molecule has 3 fully saturated rings. The van der Waals surface area contributed by atoms with Gasteiger partial charge in [0, 0.05) is 19.1 Å². The summed E-state index contributed by atoms with van der Waals surface area (Å²) in [5.74, 6) is 2.11. The number of hydrogen-bond donors (Lipinski definition) is 1. The van der Waals surface area contributed by atoms with Gasteiger partial charge in [-0.25, -0.2) is 0 Å². The zero-order chi connectivity index (χ0) is 22.3. The topological polar surface area (TPSA) is 32.3 Å². The van der Waals surface area contributed by atoms with Gasteiger partial charge in [-0.05, 0) is 79.5 Å². The van der Waals surface area contributed by atoms with Crippen LogP contribution in [0.5, 0.6) is 0 Å². The first-order chi connectivity index (χ1) is 16.3. The number of carbonyl (C=O) groups is 1. The highest BCUT2D eigenvalue weighted by molar-refractivity contribution is 5.91. The van der Waals surface area contributed by atoms with Crippen molar-refractivity contribution < 1.29 is 4.79 Å². The maximum absolute atomic E-state index is 14.7. The van der Waals surface area contributed by atoms with E-state index in [1.807, 2.05) is 0 Å². The highest BCUT2D eigenvalue weighted by atomic mass is 16.2. The van der Waals surface area contributed by atoms with Gasteiger partial charge in [0.15, 0.2) is 0 Å². The van der Waals surface area contributed by atoms with Crippen molar-refractivity contribution in [2.75, 3.05) is 19.6 Å². The first kappa shape index (κ1) is 21.4. The molecule has 2 aromatic carbocycles. The van der Waals surface area contributed by atoms with Gasteiger partial charge in [-0.3, -0.25) is 4.79 Å². The number of fused-ring (bicyclic) bond motifs is 3. The first-order valence-electron chi connectivity index (χ1n) is 13.4. The van der Waals surface area contributed by atoms with Crippen molar-refractivity contribution >= 4 is 5.91 Å². The number of nitrogens with one attached hydrogen (secondary N) is 1. The number of rotatable bonds is 3. The summed E-state index contributed by atoms with van der Waals surface area (Å²) in [6, 6.07) is 20.3. The fraction of sp³-hybridized carbons (Fsp3) is 0.567. The molecule has 33 heavy (non-hydrogen) atoms. The summed E-state index contributed by atoms with van der Waals surface area (Å²) in [7, 11) is 0. The minimum atomic E-state index is -0.360. The number of carbonyl (C=O) groups excluding carboxylic acids is 1. The molecule has 2 aliphatic heterocycles. The summed E-state index contributed by atoms with van der Waals surface area (Å²) in [6.07, 6.45) is 11.1. The molecule has 4 unspecified atom stereocenters. The van der Waals surface area contributed by atoms with E-state index >= 15 is 0 Å². The van der Waals surface area contributed by atoms with Crippen molar-refractivity contribution in [3.05, 3.63) is 71.3 Å². The molecular formula is C30H38N2O. The van der Waals surface area contributed by atoms with Gasteiger partial charge in [-0.2, -0.15) is 0 Å². The first-order valence-corrected chi connectivity index (χ1v) is 13.4. The van der Waals surface area contributed by atoms with Crippen molar-refractivity contribution in [1.29, 1.82) is 0 Å². The fourth-order valence-corrected chi connectivity index (χ4v) is 7.79. The molecular weight excluding hydrogens is 404 g/mol. The molecule has 1 saturated carbocycles. The molecule has 2 heterocycles. The Bertz CT molecular complexity index is 982. The summed E-state index contributed by atoms with van der Waals surface area (Å²) < 4.78 is 0. The normalized spacial score (nSPS) is 32.2. The van der Waals surface area contributed by atoms with Crippen molar-refractivity contribution in [1.82, 2.24) is 10.2 Å². The van der Waals surface area contributed by atoms with Crippen LogP contribution in [0.25, 0.3) is 0 Å². The van der Waals surface area contributed by atoms with Crippen LogP contribution in [0, 0.1) is 11.8 Å². The number of amides is 1. The Kier molecular flexibility index (Phi) is 5.78. The molecule has 3 nitrogen and oxygen atoms in total. The van der Waals surface area contributed by atoms with Gasteiger partial charge in [0.1, 0.15) is 0 Å². The van der Waals surface area contributed by atoms with Gasteiger partial charge in [-0.1, -0.05) is 73.9 Å². The Hall–Kier alpha value is -2.13. The summed E-state index contributed by atoms with van der Waals surface area (Å²) >= 11 is 0. The maximum Gasteiger partial charge on any atom is 0.235 e. The van der Waals surface area contributed by atoms with Gasteiger partial charge >= 0.3 is 0 Å². The lowest BCUT2D eigenvalue weighted by Gasteiger charge is -2.49. The van der Waals surface area contributed by atoms with Crippen LogP contribution in [0.1, 0.15) is 74.0 Å². The molecule has 4 aliphatic rings. The minimum Gasteiger partial charge on any atom is -0.339 e. The van der Waals surface area contributed by atoms with E-state index in [4.69, 9.17) is 0 Å². The lowest BCUT2D eigenvalue weighted by Crippen LogP contribution is -2.59. The molecule has 2 saturated heterocycles. The number of hydrogen-bond acceptors (Lipinski definition) is 2. The molecule has 0 spiro atoms. The van der Waals surface area contributed by atoms with Crippen molar-refractivity contribution in [2.24, 2.45) is 11.8 Å². The third kappa shape index (κ3) is 3.64. The van der Waals surface area contributed by atoms with E-state index in [0.29, 0.717) is 29.7 Å². The summed E-state index contributed by atoms with van der Waals surface area (Å²) in [4.78, 5) is 17.1. The number of benzene rings is 2. The molecule has 0 bridgehead atoms. The Balaban J connectivity index is 1.35. The molecule has 1 amide bonds. The highest BCUT2D eigenvalue weighted by Gasteiger charge is 2.55. The van der Waals surface area contributed by atoms with Gasteiger partial charge in [0.05, 0.1) is 5.41 Å². The molecule has 0 aromatic heterocycles. The average molecular weight is 443 g/mol. The van der Waals surface area contributed by atoms with Gasteiger partial charge in [-0.15, -0.1) is 0 Å². The second-order valence-electron chi connectivity index (χ2n) is 11.1. The number of nitrogens with zero attached hydrogens (tertiary/aromatic N) is 1. The number of piperidine rings is 1. The van der Waals surface area contributed by atoms with E-state index in [1.165, 1.54) is 48.8 Å². The van der Waals surface area contributed by atoms with Crippen molar-refractivity contribution in [3.63, 3.8) is 0 Å². The standard InChI is InChI=1S/C30H38N2O/c33-29(30-21-31-20-26(30)16-15-23-11-7-8-14-27(23)30)32-18-17-25(22-9-3-1-4-10-22)19-28(32)24-12-5-2-6-13-24/h1,3-4,7-11,14,24-26,28,31H,2,5-6,12-13,15-21H2. The summed E-state index contributed by atoms with van der Waals surface area (Å²) in [6.45, 7) is 2.70. The van der Waals surface area contributed by atoms with E-state index in [1.54, 1.807) is 0 Å². The Labute approximate surface area is 199 Å². The van der Waals surface area contributed by atoms with Gasteiger partial charge in [0.25, 0.3) is 0 Å². The largest absolute Gasteiger partial charge is 0.339 e. The minimum absolute atomic E-state index is 0.360. The monoisotopic (exact) mass is 442 g/mol. The van der Waals surface area contributed by atoms with Gasteiger partial charge < -0.3 is 10.2 Å². The lowest BCUT2D eigenvalue weighted by atomic mass is 9.63. The Morgan fingerprint density at radius 2 is 1.70 bits per heavy atom. The zero-order valence-corrected chi connectivity index (χ0v) is 19.8. The molecule has 3 heteroatoms. The fourth-order valence-electron chi connectivity index (χ4n) is 7.79. The quantitative estimate of drug-likeness (QED) is 0.686. The Morgan fingerprint density at radius 3 is 2.55 bits per heavy atom. The van der Waals surface area contributed by atoms with Crippen molar-refractivity contribution in [2.45, 2.75) is 75.2 Å². The van der Waals surface area contributed by atoms with Crippen LogP contribution in [0.3, 0.4) is 0 Å². The van der Waals surface area contributed by atoms with E-state index in [-0.39, 0.29) is 5.41 Å². The molecule has 2 aromatic rings. The van der Waals surface area contributed by atoms with Crippen molar-refractivity contribution in [3.8, 4) is 0 Å².